The van der Waals surface area contributed by atoms with Gasteiger partial charge in [0, 0.05) is 5.92 Å². The second kappa shape index (κ2) is 3.87. The molecule has 1 saturated heterocycles. The maximum Gasteiger partial charge on any atom is 0.306 e. The molecule has 4 nitrogen and oxygen atoms in total. The Morgan fingerprint density at radius 3 is 2.67 bits per heavy atom. The summed E-state index contributed by atoms with van der Waals surface area (Å²) in [6.45, 7) is 2.45. The summed E-state index contributed by atoms with van der Waals surface area (Å²) in [4.78, 5) is 10.7. The van der Waals surface area contributed by atoms with Crippen LogP contribution in [0.15, 0.2) is 0 Å². The third kappa shape index (κ3) is 1.76. The zero-order valence-corrected chi connectivity index (χ0v) is 7.06. The van der Waals surface area contributed by atoms with Crippen LogP contribution < -0.4 is 0 Å². The van der Waals surface area contributed by atoms with Crippen molar-refractivity contribution in [1.82, 2.24) is 0 Å². The maximum atomic E-state index is 10.7. The molecule has 1 rings (SSSR count). The van der Waals surface area contributed by atoms with E-state index < -0.39 is 18.0 Å². The number of rotatable bonds is 3. The highest BCUT2D eigenvalue weighted by atomic mass is 16.5. The van der Waals surface area contributed by atoms with Gasteiger partial charge >= 0.3 is 5.97 Å². The Kier molecular flexibility index (Phi) is 3.05. The molecule has 3 atom stereocenters. The number of ether oxygens (including phenoxy) is 1. The first-order chi connectivity index (χ1) is 5.66. The number of aliphatic hydroxyl groups is 1. The molecule has 4 heteroatoms. The molecular weight excluding hydrogens is 160 g/mol. The van der Waals surface area contributed by atoms with Gasteiger partial charge in [-0.15, -0.1) is 0 Å². The lowest BCUT2D eigenvalue weighted by molar-refractivity contribution is -0.145. The van der Waals surface area contributed by atoms with E-state index in [0.717, 1.165) is 0 Å². The molecule has 0 amide bonds. The Morgan fingerprint density at radius 2 is 2.33 bits per heavy atom. The van der Waals surface area contributed by atoms with Crippen molar-refractivity contribution >= 4 is 5.97 Å². The van der Waals surface area contributed by atoms with Gasteiger partial charge in [-0.05, 0) is 6.42 Å². The number of carboxylic acid groups (broad SMARTS) is 1. The molecule has 0 bridgehead atoms. The summed E-state index contributed by atoms with van der Waals surface area (Å²) in [5.74, 6) is -1.54. The van der Waals surface area contributed by atoms with Crippen molar-refractivity contribution in [2.24, 2.45) is 11.8 Å². The highest BCUT2D eigenvalue weighted by Crippen LogP contribution is 2.25. The Hall–Kier alpha value is -0.610. The van der Waals surface area contributed by atoms with E-state index in [1.807, 2.05) is 6.92 Å². The standard InChI is InChI=1S/C8H14O4/c1-2-5(8(10)11)6-3-12-4-7(6)9/h5-7,9H,2-4H2,1H3,(H,10,11). The smallest absolute Gasteiger partial charge is 0.306 e. The molecular formula is C8H14O4. The van der Waals surface area contributed by atoms with Crippen LogP contribution in [0.2, 0.25) is 0 Å². The van der Waals surface area contributed by atoms with E-state index in [-0.39, 0.29) is 12.5 Å². The fraction of sp³-hybridized carbons (Fsp3) is 0.875. The van der Waals surface area contributed by atoms with E-state index in [2.05, 4.69) is 0 Å². The van der Waals surface area contributed by atoms with E-state index in [4.69, 9.17) is 9.84 Å². The Morgan fingerprint density at radius 1 is 1.67 bits per heavy atom. The second-order valence-corrected chi connectivity index (χ2v) is 3.12. The Labute approximate surface area is 71.2 Å². The highest BCUT2D eigenvalue weighted by Gasteiger charge is 2.36. The van der Waals surface area contributed by atoms with Crippen LogP contribution in [0, 0.1) is 11.8 Å². The predicted molar refractivity (Wildman–Crippen MR) is 41.7 cm³/mol. The molecule has 0 radical (unpaired) electrons. The van der Waals surface area contributed by atoms with Gasteiger partial charge in [0.25, 0.3) is 0 Å². The third-order valence-electron chi connectivity index (χ3n) is 2.37. The van der Waals surface area contributed by atoms with E-state index in [1.54, 1.807) is 0 Å². The molecule has 2 N–H and O–H groups in total. The number of carbonyl (C=O) groups is 1. The summed E-state index contributed by atoms with van der Waals surface area (Å²) in [6, 6.07) is 0. The first-order valence-electron chi connectivity index (χ1n) is 4.15. The fourth-order valence-electron chi connectivity index (χ4n) is 1.60. The summed E-state index contributed by atoms with van der Waals surface area (Å²) >= 11 is 0. The first kappa shape index (κ1) is 9.48. The molecule has 12 heavy (non-hydrogen) atoms. The van der Waals surface area contributed by atoms with E-state index in [0.29, 0.717) is 13.0 Å². The molecule has 0 aromatic carbocycles. The minimum atomic E-state index is -0.841. The quantitative estimate of drug-likeness (QED) is 0.637. The molecule has 0 saturated carbocycles. The fourth-order valence-corrected chi connectivity index (χ4v) is 1.60. The molecule has 0 aliphatic carbocycles. The second-order valence-electron chi connectivity index (χ2n) is 3.12. The average Bonchev–Trinajstić information content (AvgIpc) is 2.38. The Bertz CT molecular complexity index is 168. The zero-order chi connectivity index (χ0) is 9.14. The van der Waals surface area contributed by atoms with Gasteiger partial charge in [-0.2, -0.15) is 0 Å². The van der Waals surface area contributed by atoms with Crippen molar-refractivity contribution in [3.05, 3.63) is 0 Å². The minimum Gasteiger partial charge on any atom is -0.481 e. The van der Waals surface area contributed by atoms with Gasteiger partial charge in [-0.1, -0.05) is 6.92 Å². The number of aliphatic carboxylic acids is 1. The SMILES string of the molecule is CCC(C(=O)O)C1COCC1O. The lowest BCUT2D eigenvalue weighted by atomic mass is 9.88. The number of aliphatic hydroxyl groups excluding tert-OH is 1. The van der Waals surface area contributed by atoms with Crippen molar-refractivity contribution in [3.63, 3.8) is 0 Å². The van der Waals surface area contributed by atoms with Crippen LogP contribution in [0.1, 0.15) is 13.3 Å². The van der Waals surface area contributed by atoms with Crippen LogP contribution in [0.4, 0.5) is 0 Å². The molecule has 1 aliphatic heterocycles. The number of carboxylic acids is 1. The van der Waals surface area contributed by atoms with Crippen LogP contribution in [-0.4, -0.2) is 35.5 Å². The van der Waals surface area contributed by atoms with E-state index >= 15 is 0 Å². The molecule has 0 aromatic rings. The van der Waals surface area contributed by atoms with Crippen molar-refractivity contribution in [2.75, 3.05) is 13.2 Å². The molecule has 0 spiro atoms. The topological polar surface area (TPSA) is 66.8 Å². The zero-order valence-electron chi connectivity index (χ0n) is 7.06. The molecule has 1 heterocycles. The molecule has 1 aliphatic rings. The van der Waals surface area contributed by atoms with Gasteiger partial charge in [0.15, 0.2) is 0 Å². The van der Waals surface area contributed by atoms with Crippen molar-refractivity contribution in [1.29, 1.82) is 0 Å². The number of hydrogen-bond donors (Lipinski definition) is 2. The van der Waals surface area contributed by atoms with Gasteiger partial charge in [-0.25, -0.2) is 0 Å². The van der Waals surface area contributed by atoms with Gasteiger partial charge in [0.1, 0.15) is 0 Å². The normalized spacial score (nSPS) is 31.8. The molecule has 1 fully saturated rings. The van der Waals surface area contributed by atoms with Crippen LogP contribution >= 0.6 is 0 Å². The van der Waals surface area contributed by atoms with Gasteiger partial charge in [-0.3, -0.25) is 4.79 Å². The van der Waals surface area contributed by atoms with Gasteiger partial charge in [0.2, 0.25) is 0 Å². The van der Waals surface area contributed by atoms with E-state index in [1.165, 1.54) is 0 Å². The summed E-state index contributed by atoms with van der Waals surface area (Å²) < 4.78 is 4.99. The summed E-state index contributed by atoms with van der Waals surface area (Å²) in [6.07, 6.45) is -0.0634. The molecule has 0 aromatic heterocycles. The van der Waals surface area contributed by atoms with E-state index in [9.17, 15) is 9.90 Å². The average molecular weight is 174 g/mol. The van der Waals surface area contributed by atoms with Crippen molar-refractivity contribution < 1.29 is 19.7 Å². The summed E-state index contributed by atoms with van der Waals surface area (Å²) in [5.41, 5.74) is 0. The first-order valence-corrected chi connectivity index (χ1v) is 4.15. The largest absolute Gasteiger partial charge is 0.481 e. The van der Waals surface area contributed by atoms with Crippen LogP contribution in [-0.2, 0) is 9.53 Å². The summed E-state index contributed by atoms with van der Waals surface area (Å²) in [5, 5.41) is 18.1. The predicted octanol–water partition coefficient (Wildman–Crippen LogP) is 0.104. The third-order valence-corrected chi connectivity index (χ3v) is 2.37. The van der Waals surface area contributed by atoms with Crippen molar-refractivity contribution in [2.45, 2.75) is 19.4 Å². The molecule has 70 valence electrons. The lowest BCUT2D eigenvalue weighted by Gasteiger charge is -2.18. The van der Waals surface area contributed by atoms with Crippen LogP contribution in [0.5, 0.6) is 0 Å². The monoisotopic (exact) mass is 174 g/mol. The molecule has 3 unspecified atom stereocenters. The highest BCUT2D eigenvalue weighted by molar-refractivity contribution is 5.70. The van der Waals surface area contributed by atoms with Crippen LogP contribution in [0.25, 0.3) is 0 Å². The number of hydrogen-bond acceptors (Lipinski definition) is 3. The lowest BCUT2D eigenvalue weighted by Crippen LogP contribution is -2.31. The van der Waals surface area contributed by atoms with Gasteiger partial charge < -0.3 is 14.9 Å². The van der Waals surface area contributed by atoms with Crippen molar-refractivity contribution in [3.8, 4) is 0 Å². The van der Waals surface area contributed by atoms with Gasteiger partial charge in [0.05, 0.1) is 25.2 Å². The van der Waals surface area contributed by atoms with Crippen LogP contribution in [0.3, 0.4) is 0 Å². The summed E-state index contributed by atoms with van der Waals surface area (Å²) in [7, 11) is 0. The Balaban J connectivity index is 2.58. The minimum absolute atomic E-state index is 0.229. The maximum absolute atomic E-state index is 10.7.